The van der Waals surface area contributed by atoms with Crippen molar-refractivity contribution in [3.8, 4) is 0 Å². The van der Waals surface area contributed by atoms with E-state index >= 15 is 0 Å². The van der Waals surface area contributed by atoms with Crippen molar-refractivity contribution >= 4 is 29.3 Å². The molecule has 0 saturated heterocycles. The van der Waals surface area contributed by atoms with Crippen LogP contribution < -0.4 is 16.4 Å². The van der Waals surface area contributed by atoms with Gasteiger partial charge in [-0.25, -0.2) is 9.37 Å². The molecule has 0 atom stereocenters. The fourth-order valence-corrected chi connectivity index (χ4v) is 2.64. The maximum atomic E-state index is 13.6. The highest BCUT2D eigenvalue weighted by atomic mass is 19.1. The number of aromatic nitrogens is 1. The van der Waals surface area contributed by atoms with Crippen molar-refractivity contribution in [3.63, 3.8) is 0 Å². The second-order valence-corrected chi connectivity index (χ2v) is 6.15. The minimum Gasteiger partial charge on any atom is -0.383 e. The van der Waals surface area contributed by atoms with E-state index < -0.39 is 0 Å². The molecule has 0 aliphatic carbocycles. The van der Waals surface area contributed by atoms with Gasteiger partial charge in [0, 0.05) is 31.8 Å². The molecule has 0 bridgehead atoms. The predicted molar refractivity (Wildman–Crippen MR) is 109 cm³/mol. The molecular weight excluding hydrogens is 359 g/mol. The zero-order valence-corrected chi connectivity index (χ0v) is 15.9. The lowest BCUT2D eigenvalue weighted by atomic mass is 9.98. The predicted octanol–water partition coefficient (Wildman–Crippen LogP) is 2.70. The van der Waals surface area contributed by atoms with Crippen molar-refractivity contribution in [2.75, 3.05) is 18.8 Å². The quantitative estimate of drug-likeness (QED) is 0.507. The zero-order chi connectivity index (χ0) is 20.7. The molecule has 6 nitrogen and oxygen atoms in total. The molecule has 4 N–H and O–H groups in total. The van der Waals surface area contributed by atoms with E-state index in [9.17, 15) is 14.0 Å². The van der Waals surface area contributed by atoms with Crippen LogP contribution in [-0.4, -0.2) is 29.9 Å². The zero-order valence-electron chi connectivity index (χ0n) is 15.9. The van der Waals surface area contributed by atoms with E-state index in [-0.39, 0.29) is 30.0 Å². The Kier molecular flexibility index (Phi) is 7.03. The van der Waals surface area contributed by atoms with Crippen molar-refractivity contribution < 1.29 is 14.0 Å². The van der Waals surface area contributed by atoms with Gasteiger partial charge in [0.05, 0.1) is 5.56 Å². The number of hydrogen-bond donors (Lipinski definition) is 3. The van der Waals surface area contributed by atoms with Gasteiger partial charge < -0.3 is 16.4 Å². The minimum absolute atomic E-state index is 0.165. The largest absolute Gasteiger partial charge is 0.383 e. The Morgan fingerprint density at radius 3 is 2.64 bits per heavy atom. The summed E-state index contributed by atoms with van der Waals surface area (Å²) in [4.78, 5) is 27.4. The molecule has 7 heteroatoms. The van der Waals surface area contributed by atoms with Crippen molar-refractivity contribution in [3.05, 3.63) is 71.2 Å². The first-order valence-electron chi connectivity index (χ1n) is 8.71. The average molecular weight is 382 g/mol. The fraction of sp³-hybridized carbons (Fsp3) is 0.190. The van der Waals surface area contributed by atoms with Crippen molar-refractivity contribution in [1.82, 2.24) is 15.6 Å². The summed E-state index contributed by atoms with van der Waals surface area (Å²) in [5.74, 6) is -0.597. The molecule has 1 heterocycles. The summed E-state index contributed by atoms with van der Waals surface area (Å²) in [6.45, 7) is 7.56. The summed E-state index contributed by atoms with van der Waals surface area (Å²) in [5, 5.41) is 5.33. The van der Waals surface area contributed by atoms with Gasteiger partial charge in [-0.05, 0) is 41.8 Å². The number of amides is 2. The van der Waals surface area contributed by atoms with Crippen molar-refractivity contribution in [2.45, 2.75) is 13.8 Å². The molecule has 0 aliphatic rings. The van der Waals surface area contributed by atoms with Crippen LogP contribution in [0.1, 0.15) is 34.0 Å². The summed E-state index contributed by atoms with van der Waals surface area (Å²) >= 11 is 0. The molecule has 1 aromatic carbocycles. The third-order valence-corrected chi connectivity index (χ3v) is 4.12. The van der Waals surface area contributed by atoms with E-state index in [0.29, 0.717) is 34.4 Å². The smallest absolute Gasteiger partial charge is 0.253 e. The lowest BCUT2D eigenvalue weighted by Gasteiger charge is -2.12. The molecule has 0 spiro atoms. The molecular formula is C21H23FN4O2. The number of carbonyl (C=O) groups is 2. The molecule has 28 heavy (non-hydrogen) atoms. The third-order valence-electron chi connectivity index (χ3n) is 4.12. The molecule has 0 aliphatic heterocycles. The van der Waals surface area contributed by atoms with Gasteiger partial charge in [-0.15, -0.1) is 0 Å². The Hall–Kier alpha value is -3.48. The molecule has 0 fully saturated rings. The highest BCUT2D eigenvalue weighted by molar-refractivity contribution is 5.98. The second kappa shape index (κ2) is 9.45. The topological polar surface area (TPSA) is 97.1 Å². The number of anilines is 1. The molecule has 2 rings (SSSR count). The highest BCUT2D eigenvalue weighted by Gasteiger charge is 2.15. The molecule has 0 unspecified atom stereocenters. The van der Waals surface area contributed by atoms with Crippen LogP contribution in [-0.2, 0) is 4.79 Å². The summed E-state index contributed by atoms with van der Waals surface area (Å²) in [6, 6.07) is 6.12. The van der Waals surface area contributed by atoms with Crippen LogP contribution in [0.15, 0.2) is 43.1 Å². The Morgan fingerprint density at radius 1 is 1.29 bits per heavy atom. The van der Waals surface area contributed by atoms with E-state index in [1.165, 1.54) is 25.3 Å². The van der Waals surface area contributed by atoms with E-state index in [0.717, 1.165) is 0 Å². The van der Waals surface area contributed by atoms with Crippen LogP contribution in [0.25, 0.3) is 11.6 Å². The van der Waals surface area contributed by atoms with Gasteiger partial charge in [0.25, 0.3) is 5.91 Å². The summed E-state index contributed by atoms with van der Waals surface area (Å²) < 4.78 is 13.6. The van der Waals surface area contributed by atoms with E-state index in [1.807, 2.05) is 0 Å². The number of nitrogens with one attached hydrogen (secondary N) is 2. The van der Waals surface area contributed by atoms with Crippen molar-refractivity contribution in [1.29, 1.82) is 0 Å². The summed E-state index contributed by atoms with van der Waals surface area (Å²) in [6.07, 6.45) is 4.73. The van der Waals surface area contributed by atoms with Gasteiger partial charge in [-0.1, -0.05) is 24.8 Å². The highest BCUT2D eigenvalue weighted by Crippen LogP contribution is 2.26. The summed E-state index contributed by atoms with van der Waals surface area (Å²) in [7, 11) is 0. The third kappa shape index (κ3) is 5.26. The number of rotatable bonds is 7. The molecule has 2 aromatic rings. The lowest BCUT2D eigenvalue weighted by molar-refractivity contribution is -0.118. The van der Waals surface area contributed by atoms with Crippen LogP contribution in [0, 0.1) is 12.7 Å². The van der Waals surface area contributed by atoms with Crippen LogP contribution in [0.5, 0.6) is 0 Å². The Labute approximate surface area is 163 Å². The van der Waals surface area contributed by atoms with E-state index in [1.54, 1.807) is 31.2 Å². The maximum absolute atomic E-state index is 13.6. The van der Waals surface area contributed by atoms with Gasteiger partial charge in [0.15, 0.2) is 0 Å². The molecule has 1 aromatic heterocycles. The first-order chi connectivity index (χ1) is 13.3. The molecule has 0 radical (unpaired) electrons. The number of pyridine rings is 1. The normalized spacial score (nSPS) is 11.0. The Balaban J connectivity index is 2.32. The van der Waals surface area contributed by atoms with Gasteiger partial charge in [-0.2, -0.15) is 0 Å². The second-order valence-electron chi connectivity index (χ2n) is 6.15. The Bertz CT molecular complexity index is 938. The standard InChI is InChI=1S/C21H23FN4O2/c1-4-15(16-6-5-7-17(22)10-16)11-18-13(2)19(12-26-20(18)23)21(28)25-9-8-24-14(3)27/h4-7,10-12H,1,8-9H2,2-3H3,(H2,23,26)(H,24,27)(H,25,28)/b15-11+. The van der Waals surface area contributed by atoms with Crippen LogP contribution in [0.3, 0.4) is 0 Å². The number of carbonyl (C=O) groups excluding carboxylic acids is 2. The molecule has 2 amide bonds. The number of nitrogens with two attached hydrogens (primary N) is 1. The minimum atomic E-state index is -0.361. The molecule has 0 saturated carbocycles. The number of benzene rings is 1. The monoisotopic (exact) mass is 382 g/mol. The first-order valence-corrected chi connectivity index (χ1v) is 8.71. The SMILES string of the molecule is C=C/C(=C\c1c(N)ncc(C(=O)NCCNC(C)=O)c1C)c1cccc(F)c1. The fourth-order valence-electron chi connectivity index (χ4n) is 2.64. The van der Waals surface area contributed by atoms with Gasteiger partial charge >= 0.3 is 0 Å². The number of nitrogen functional groups attached to an aromatic ring is 1. The number of hydrogen-bond acceptors (Lipinski definition) is 4. The molecule has 146 valence electrons. The van der Waals surface area contributed by atoms with Crippen molar-refractivity contribution in [2.24, 2.45) is 0 Å². The van der Waals surface area contributed by atoms with Gasteiger partial charge in [-0.3, -0.25) is 9.59 Å². The van der Waals surface area contributed by atoms with E-state index in [2.05, 4.69) is 22.2 Å². The number of allylic oxidation sites excluding steroid dienone is 2. The van der Waals surface area contributed by atoms with Crippen LogP contribution in [0.2, 0.25) is 0 Å². The number of halogens is 1. The van der Waals surface area contributed by atoms with Gasteiger partial charge in [0.1, 0.15) is 11.6 Å². The van der Waals surface area contributed by atoms with E-state index in [4.69, 9.17) is 5.73 Å². The first kappa shape index (κ1) is 20.8. The lowest BCUT2D eigenvalue weighted by Crippen LogP contribution is -2.34. The van der Waals surface area contributed by atoms with Crippen LogP contribution >= 0.6 is 0 Å². The maximum Gasteiger partial charge on any atom is 0.253 e. The number of nitrogens with zero attached hydrogens (tertiary/aromatic N) is 1. The average Bonchev–Trinajstić information content (AvgIpc) is 2.65. The summed E-state index contributed by atoms with van der Waals surface area (Å²) in [5.41, 5.74) is 8.87. The van der Waals surface area contributed by atoms with Crippen LogP contribution in [0.4, 0.5) is 10.2 Å². The Morgan fingerprint density at radius 2 is 2.00 bits per heavy atom. The van der Waals surface area contributed by atoms with Gasteiger partial charge in [0.2, 0.25) is 5.91 Å².